The number of rotatable bonds is 2. The maximum absolute atomic E-state index is 6.15. The van der Waals surface area contributed by atoms with E-state index in [9.17, 15) is 0 Å². The normalized spacial score (nSPS) is 28.9. The van der Waals surface area contributed by atoms with Gasteiger partial charge >= 0.3 is 0 Å². The van der Waals surface area contributed by atoms with Crippen LogP contribution in [0.25, 0.3) is 0 Å². The summed E-state index contributed by atoms with van der Waals surface area (Å²) in [5, 5.41) is 1.45. The molecule has 2 atom stereocenters. The van der Waals surface area contributed by atoms with Crippen LogP contribution in [0.5, 0.6) is 0 Å². The van der Waals surface area contributed by atoms with Crippen LogP contribution in [0, 0.1) is 0 Å². The molecule has 0 amide bonds. The lowest BCUT2D eigenvalue weighted by atomic mass is 10.1. The van der Waals surface area contributed by atoms with Crippen LogP contribution in [-0.4, -0.2) is 30.2 Å². The lowest BCUT2D eigenvalue weighted by molar-refractivity contribution is 0.237. The first kappa shape index (κ1) is 10.8. The number of hydrogen-bond donors (Lipinski definition) is 0. The Bertz CT molecular complexity index is 410. The average molecular weight is 258 g/mol. The van der Waals surface area contributed by atoms with Gasteiger partial charge in [0, 0.05) is 29.7 Å². The highest BCUT2D eigenvalue weighted by Gasteiger charge is 2.43. The van der Waals surface area contributed by atoms with Crippen LogP contribution in [0.2, 0.25) is 10.0 Å². The topological polar surface area (TPSA) is 15.8 Å². The van der Waals surface area contributed by atoms with E-state index in [1.54, 1.807) is 6.07 Å². The van der Waals surface area contributed by atoms with Gasteiger partial charge in [0.2, 0.25) is 0 Å². The molecular formula is C12H13Cl2NO. The minimum absolute atomic E-state index is 0.472. The first-order chi connectivity index (χ1) is 7.72. The summed E-state index contributed by atoms with van der Waals surface area (Å²) in [7, 11) is 0. The predicted molar refractivity (Wildman–Crippen MR) is 65.0 cm³/mol. The van der Waals surface area contributed by atoms with Crippen LogP contribution in [0.15, 0.2) is 18.2 Å². The molecule has 1 aromatic rings. The van der Waals surface area contributed by atoms with Gasteiger partial charge in [-0.1, -0.05) is 29.3 Å². The van der Waals surface area contributed by atoms with Crippen molar-refractivity contribution < 1.29 is 4.74 Å². The fourth-order valence-electron chi connectivity index (χ4n) is 2.28. The molecule has 2 aliphatic heterocycles. The lowest BCUT2D eigenvalue weighted by Gasteiger charge is -2.24. The maximum atomic E-state index is 6.15. The number of ether oxygens (including phenoxy) is 1. The summed E-state index contributed by atoms with van der Waals surface area (Å²) in [5.74, 6) is 0. The molecule has 2 fully saturated rings. The molecule has 0 N–H and O–H groups in total. The molecule has 4 heteroatoms. The molecule has 0 aromatic heterocycles. The lowest BCUT2D eigenvalue weighted by Crippen LogP contribution is -2.34. The van der Waals surface area contributed by atoms with E-state index in [1.165, 1.54) is 0 Å². The number of epoxide rings is 1. The van der Waals surface area contributed by atoms with E-state index in [1.807, 2.05) is 12.1 Å². The Balaban J connectivity index is 1.68. The number of nitrogens with zero attached hydrogens (tertiary/aromatic N) is 1. The molecule has 86 valence electrons. The molecule has 0 aliphatic carbocycles. The molecule has 0 radical (unpaired) electrons. The highest BCUT2D eigenvalue weighted by Crippen LogP contribution is 2.32. The molecule has 2 heterocycles. The Morgan fingerprint density at radius 2 is 2.19 bits per heavy atom. The first-order valence-electron chi connectivity index (χ1n) is 5.54. The van der Waals surface area contributed by atoms with Crippen LogP contribution in [0.1, 0.15) is 12.0 Å². The van der Waals surface area contributed by atoms with E-state index >= 15 is 0 Å². The van der Waals surface area contributed by atoms with Crippen molar-refractivity contribution >= 4 is 23.2 Å². The van der Waals surface area contributed by atoms with Gasteiger partial charge in [0.05, 0.1) is 12.2 Å². The quantitative estimate of drug-likeness (QED) is 0.758. The second-order valence-corrected chi connectivity index (χ2v) is 5.32. The monoisotopic (exact) mass is 257 g/mol. The zero-order valence-electron chi connectivity index (χ0n) is 8.83. The third-order valence-corrected chi connectivity index (χ3v) is 3.85. The van der Waals surface area contributed by atoms with Gasteiger partial charge in [0.1, 0.15) is 0 Å². The third kappa shape index (κ3) is 2.21. The van der Waals surface area contributed by atoms with Crippen LogP contribution in [0.4, 0.5) is 0 Å². The number of benzene rings is 1. The van der Waals surface area contributed by atoms with E-state index in [2.05, 4.69) is 4.90 Å². The van der Waals surface area contributed by atoms with E-state index in [-0.39, 0.29) is 0 Å². The molecule has 1 aromatic carbocycles. The Hall–Kier alpha value is -0.280. The van der Waals surface area contributed by atoms with Crippen molar-refractivity contribution in [1.29, 1.82) is 0 Å². The summed E-state index contributed by atoms with van der Waals surface area (Å²) in [4.78, 5) is 2.39. The van der Waals surface area contributed by atoms with Gasteiger partial charge in [0.25, 0.3) is 0 Å². The van der Waals surface area contributed by atoms with Crippen molar-refractivity contribution in [3.8, 4) is 0 Å². The van der Waals surface area contributed by atoms with Gasteiger partial charge in [-0.3, -0.25) is 4.90 Å². The van der Waals surface area contributed by atoms with E-state index in [4.69, 9.17) is 27.9 Å². The van der Waals surface area contributed by atoms with Gasteiger partial charge < -0.3 is 4.74 Å². The maximum Gasteiger partial charge on any atom is 0.0969 e. The fraction of sp³-hybridized carbons (Fsp3) is 0.500. The molecule has 0 spiro atoms. The molecule has 2 aliphatic rings. The van der Waals surface area contributed by atoms with Crippen molar-refractivity contribution in [3.05, 3.63) is 33.8 Å². The van der Waals surface area contributed by atoms with Gasteiger partial charge in [0.15, 0.2) is 0 Å². The first-order valence-corrected chi connectivity index (χ1v) is 6.30. The Labute approximate surface area is 105 Å². The number of halogens is 2. The molecule has 2 saturated heterocycles. The summed E-state index contributed by atoms with van der Waals surface area (Å²) in [6, 6.07) is 5.70. The highest BCUT2D eigenvalue weighted by atomic mass is 35.5. The van der Waals surface area contributed by atoms with Crippen molar-refractivity contribution in [2.24, 2.45) is 0 Å². The van der Waals surface area contributed by atoms with Crippen molar-refractivity contribution in [2.75, 3.05) is 13.1 Å². The van der Waals surface area contributed by atoms with Gasteiger partial charge in [-0.05, 0) is 24.1 Å². The Morgan fingerprint density at radius 1 is 1.31 bits per heavy atom. The molecule has 0 unspecified atom stereocenters. The minimum atomic E-state index is 0.472. The van der Waals surface area contributed by atoms with Crippen LogP contribution in [-0.2, 0) is 11.3 Å². The van der Waals surface area contributed by atoms with Crippen LogP contribution in [0.3, 0.4) is 0 Å². The number of fused-ring (bicyclic) bond motifs is 1. The number of piperidine rings is 1. The summed E-state index contributed by atoms with van der Waals surface area (Å²) in [6.45, 7) is 3.02. The summed E-state index contributed by atoms with van der Waals surface area (Å²) >= 11 is 12.0. The molecule has 0 saturated carbocycles. The summed E-state index contributed by atoms with van der Waals surface area (Å²) < 4.78 is 5.50. The highest BCUT2D eigenvalue weighted by molar-refractivity contribution is 6.35. The number of hydrogen-bond acceptors (Lipinski definition) is 2. The van der Waals surface area contributed by atoms with Gasteiger partial charge in [-0.2, -0.15) is 0 Å². The minimum Gasteiger partial charge on any atom is -0.368 e. The van der Waals surface area contributed by atoms with Crippen molar-refractivity contribution in [2.45, 2.75) is 25.2 Å². The van der Waals surface area contributed by atoms with Crippen LogP contribution >= 0.6 is 23.2 Å². The van der Waals surface area contributed by atoms with E-state index in [0.29, 0.717) is 17.2 Å². The third-order valence-electron chi connectivity index (χ3n) is 3.26. The SMILES string of the molecule is Clc1ccc(CN2CC[C@H]3O[C@@H]3C2)c(Cl)c1. The zero-order valence-corrected chi connectivity index (χ0v) is 10.3. The zero-order chi connectivity index (χ0) is 11.1. The largest absolute Gasteiger partial charge is 0.368 e. The molecule has 16 heavy (non-hydrogen) atoms. The smallest absolute Gasteiger partial charge is 0.0969 e. The fourth-order valence-corrected chi connectivity index (χ4v) is 2.75. The van der Waals surface area contributed by atoms with Crippen molar-refractivity contribution in [1.82, 2.24) is 4.90 Å². The standard InChI is InChI=1S/C12H13Cl2NO/c13-9-2-1-8(10(14)5-9)6-15-4-3-11-12(7-15)16-11/h1-2,5,11-12H,3-4,6-7H2/t11-,12-/m1/s1. The van der Waals surface area contributed by atoms with E-state index < -0.39 is 0 Å². The van der Waals surface area contributed by atoms with Crippen LogP contribution < -0.4 is 0 Å². The van der Waals surface area contributed by atoms with Gasteiger partial charge in [-0.15, -0.1) is 0 Å². The predicted octanol–water partition coefficient (Wildman–Crippen LogP) is 2.97. The molecule has 2 nitrogen and oxygen atoms in total. The summed E-state index contributed by atoms with van der Waals surface area (Å²) in [5.41, 5.74) is 1.14. The molecular weight excluding hydrogens is 245 g/mol. The van der Waals surface area contributed by atoms with Gasteiger partial charge in [-0.25, -0.2) is 0 Å². The van der Waals surface area contributed by atoms with Crippen molar-refractivity contribution in [3.63, 3.8) is 0 Å². The Kier molecular flexibility index (Phi) is 2.84. The van der Waals surface area contributed by atoms with E-state index in [0.717, 1.165) is 36.6 Å². The molecule has 3 rings (SSSR count). The summed E-state index contributed by atoms with van der Waals surface area (Å²) in [6.07, 6.45) is 2.16. The second-order valence-electron chi connectivity index (χ2n) is 4.47. The average Bonchev–Trinajstić information content (AvgIpc) is 3.00. The second kappa shape index (κ2) is 4.19. The number of likely N-dealkylation sites (tertiary alicyclic amines) is 1. The Morgan fingerprint density at radius 3 is 2.94 bits per heavy atom. The molecule has 0 bridgehead atoms.